The molecule has 6 heteroatoms. The Morgan fingerprint density at radius 1 is 1.27 bits per heavy atom. The Labute approximate surface area is 153 Å². The summed E-state index contributed by atoms with van der Waals surface area (Å²) in [4.78, 5) is 14.6. The third-order valence-corrected chi connectivity index (χ3v) is 5.63. The summed E-state index contributed by atoms with van der Waals surface area (Å²) in [6.07, 6.45) is 5.74. The third-order valence-electron chi connectivity index (χ3n) is 5.63. The number of benzene rings is 1. The highest BCUT2D eigenvalue weighted by Gasteiger charge is 2.24. The summed E-state index contributed by atoms with van der Waals surface area (Å²) >= 11 is 0. The number of unbranched alkanes of at least 4 members (excludes halogenated alkanes) is 1. The zero-order chi connectivity index (χ0) is 18.1. The van der Waals surface area contributed by atoms with E-state index in [1.165, 1.54) is 10.1 Å². The predicted molar refractivity (Wildman–Crippen MR) is 99.7 cm³/mol. The Morgan fingerprint density at radius 2 is 2.12 bits per heavy atom. The molecule has 2 aromatic rings. The van der Waals surface area contributed by atoms with Crippen LogP contribution in [-0.4, -0.2) is 39.0 Å². The molecule has 4 rings (SSSR count). The molecule has 0 spiro atoms. The number of imidazole rings is 1. The van der Waals surface area contributed by atoms with E-state index in [4.69, 9.17) is 4.74 Å². The minimum Gasteiger partial charge on any atom is -0.493 e. The zero-order valence-electron chi connectivity index (χ0n) is 15.4. The third kappa shape index (κ3) is 3.14. The highest BCUT2D eigenvalue weighted by molar-refractivity contribution is 5.35. The summed E-state index contributed by atoms with van der Waals surface area (Å²) in [5.74, 6) is 1.17. The van der Waals surface area contributed by atoms with Gasteiger partial charge < -0.3 is 9.84 Å². The maximum atomic E-state index is 12.3. The molecule has 3 heterocycles. The second-order valence-electron chi connectivity index (χ2n) is 7.37. The second kappa shape index (κ2) is 7.19. The van der Waals surface area contributed by atoms with Gasteiger partial charge in [0.1, 0.15) is 5.75 Å². The largest absolute Gasteiger partial charge is 0.493 e. The van der Waals surface area contributed by atoms with Crippen LogP contribution in [0.15, 0.2) is 29.1 Å². The lowest BCUT2D eigenvalue weighted by Gasteiger charge is -2.32. The lowest BCUT2D eigenvalue weighted by molar-refractivity contribution is 0.0268. The summed E-state index contributed by atoms with van der Waals surface area (Å²) in [6, 6.07) is 8.24. The first-order valence-electron chi connectivity index (χ1n) is 9.61. The first kappa shape index (κ1) is 17.2. The SMILES string of the molecule is CN(CCCCn1c(O)c2n(c1=O)CCC2)C1CCc2ccccc2O1. The Morgan fingerprint density at radius 3 is 2.96 bits per heavy atom. The number of nitrogens with zero attached hydrogens (tertiary/aromatic N) is 3. The highest BCUT2D eigenvalue weighted by Crippen LogP contribution is 2.28. The zero-order valence-corrected chi connectivity index (χ0v) is 15.4. The van der Waals surface area contributed by atoms with E-state index in [2.05, 4.69) is 24.1 Å². The molecule has 2 aliphatic rings. The molecule has 0 fully saturated rings. The number of aromatic nitrogens is 2. The van der Waals surface area contributed by atoms with Crippen molar-refractivity contribution in [3.63, 3.8) is 0 Å². The molecular formula is C20H27N3O3. The van der Waals surface area contributed by atoms with Crippen molar-refractivity contribution in [1.29, 1.82) is 0 Å². The van der Waals surface area contributed by atoms with Crippen LogP contribution in [0.2, 0.25) is 0 Å². The van der Waals surface area contributed by atoms with Gasteiger partial charge in [-0.3, -0.25) is 14.0 Å². The van der Waals surface area contributed by atoms with E-state index in [0.29, 0.717) is 6.54 Å². The van der Waals surface area contributed by atoms with E-state index in [1.807, 2.05) is 12.1 Å². The molecule has 2 aliphatic heterocycles. The number of hydrogen-bond acceptors (Lipinski definition) is 4. The van der Waals surface area contributed by atoms with Crippen LogP contribution < -0.4 is 10.4 Å². The fourth-order valence-electron chi connectivity index (χ4n) is 4.11. The molecule has 1 unspecified atom stereocenters. The van der Waals surface area contributed by atoms with Crippen LogP contribution in [0, 0.1) is 0 Å². The molecule has 1 aromatic heterocycles. The minimum atomic E-state index is -0.0597. The van der Waals surface area contributed by atoms with Crippen molar-refractivity contribution in [2.75, 3.05) is 13.6 Å². The van der Waals surface area contributed by atoms with Crippen LogP contribution in [0.3, 0.4) is 0 Å². The van der Waals surface area contributed by atoms with Gasteiger partial charge in [-0.25, -0.2) is 4.79 Å². The fraction of sp³-hybridized carbons (Fsp3) is 0.550. The Hall–Kier alpha value is -2.21. The van der Waals surface area contributed by atoms with E-state index in [-0.39, 0.29) is 17.8 Å². The van der Waals surface area contributed by atoms with Crippen molar-refractivity contribution in [3.05, 3.63) is 46.0 Å². The van der Waals surface area contributed by atoms with Crippen molar-refractivity contribution in [2.45, 2.75) is 57.8 Å². The standard InChI is InChI=1S/C20H27N3O3/c1-21(18-11-10-15-7-2-3-9-17(15)26-18)12-4-5-13-23-19(24)16-8-6-14-22(16)20(23)25/h2-3,7,9,18,24H,4-6,8,10-14H2,1H3. The number of aryl methyl sites for hydroxylation is 1. The molecular weight excluding hydrogens is 330 g/mol. The summed E-state index contributed by atoms with van der Waals surface area (Å²) in [5.41, 5.74) is 2.03. The minimum absolute atomic E-state index is 0.0597. The van der Waals surface area contributed by atoms with Crippen molar-refractivity contribution in [3.8, 4) is 11.6 Å². The molecule has 0 saturated heterocycles. The number of ether oxygens (including phenoxy) is 1. The van der Waals surface area contributed by atoms with Gasteiger partial charge in [0.2, 0.25) is 5.88 Å². The topological polar surface area (TPSA) is 59.6 Å². The van der Waals surface area contributed by atoms with Crippen LogP contribution in [0.25, 0.3) is 0 Å². The van der Waals surface area contributed by atoms with Crippen molar-refractivity contribution >= 4 is 0 Å². The molecule has 1 N–H and O–H groups in total. The molecule has 1 atom stereocenters. The smallest absolute Gasteiger partial charge is 0.331 e. The average Bonchev–Trinajstić information content (AvgIpc) is 3.23. The molecule has 140 valence electrons. The Balaban J connectivity index is 1.27. The predicted octanol–water partition coefficient (Wildman–Crippen LogP) is 2.36. The molecule has 0 bridgehead atoms. The Kier molecular flexibility index (Phi) is 4.76. The molecule has 0 aliphatic carbocycles. The Bertz CT molecular complexity index is 839. The molecule has 26 heavy (non-hydrogen) atoms. The lowest BCUT2D eigenvalue weighted by Crippen LogP contribution is -2.39. The van der Waals surface area contributed by atoms with E-state index >= 15 is 0 Å². The molecule has 0 saturated carbocycles. The number of hydrogen-bond donors (Lipinski definition) is 1. The maximum Gasteiger partial charge on any atom is 0.331 e. The summed E-state index contributed by atoms with van der Waals surface area (Å²) in [7, 11) is 2.09. The van der Waals surface area contributed by atoms with Crippen LogP contribution in [0.1, 0.15) is 36.9 Å². The number of rotatable bonds is 6. The van der Waals surface area contributed by atoms with Gasteiger partial charge in [-0.15, -0.1) is 0 Å². The normalized spacial score (nSPS) is 18.6. The van der Waals surface area contributed by atoms with Crippen LogP contribution in [0.4, 0.5) is 0 Å². The quantitative estimate of drug-likeness (QED) is 0.807. The number of para-hydroxylation sites is 1. The average molecular weight is 357 g/mol. The molecule has 6 nitrogen and oxygen atoms in total. The summed E-state index contributed by atoms with van der Waals surface area (Å²) in [5, 5.41) is 10.2. The number of fused-ring (bicyclic) bond motifs is 2. The molecule has 1 aromatic carbocycles. The van der Waals surface area contributed by atoms with Gasteiger partial charge in [-0.2, -0.15) is 0 Å². The van der Waals surface area contributed by atoms with E-state index in [0.717, 1.165) is 63.1 Å². The lowest BCUT2D eigenvalue weighted by atomic mass is 10.0. The van der Waals surface area contributed by atoms with Crippen LogP contribution in [-0.2, 0) is 25.9 Å². The van der Waals surface area contributed by atoms with Gasteiger partial charge in [0.25, 0.3) is 0 Å². The molecule has 0 radical (unpaired) electrons. The van der Waals surface area contributed by atoms with E-state index in [1.54, 1.807) is 4.57 Å². The van der Waals surface area contributed by atoms with Gasteiger partial charge >= 0.3 is 5.69 Å². The highest BCUT2D eigenvalue weighted by atomic mass is 16.5. The van der Waals surface area contributed by atoms with Gasteiger partial charge in [0.05, 0.1) is 5.69 Å². The molecule has 0 amide bonds. The van der Waals surface area contributed by atoms with Crippen molar-refractivity contribution in [2.24, 2.45) is 0 Å². The summed E-state index contributed by atoms with van der Waals surface area (Å²) < 4.78 is 9.36. The van der Waals surface area contributed by atoms with Crippen molar-refractivity contribution in [1.82, 2.24) is 14.0 Å². The van der Waals surface area contributed by atoms with Gasteiger partial charge in [-0.1, -0.05) is 18.2 Å². The van der Waals surface area contributed by atoms with Gasteiger partial charge in [0.15, 0.2) is 6.23 Å². The van der Waals surface area contributed by atoms with Gasteiger partial charge in [-0.05, 0) is 50.8 Å². The van der Waals surface area contributed by atoms with Crippen molar-refractivity contribution < 1.29 is 9.84 Å². The maximum absolute atomic E-state index is 12.3. The van der Waals surface area contributed by atoms with Crippen LogP contribution in [0.5, 0.6) is 11.6 Å². The van der Waals surface area contributed by atoms with E-state index in [9.17, 15) is 9.90 Å². The monoisotopic (exact) mass is 357 g/mol. The van der Waals surface area contributed by atoms with Gasteiger partial charge in [0, 0.05) is 26.1 Å². The first-order chi connectivity index (χ1) is 12.6. The van der Waals surface area contributed by atoms with Crippen LogP contribution >= 0.6 is 0 Å². The fourth-order valence-corrected chi connectivity index (χ4v) is 4.11. The second-order valence-corrected chi connectivity index (χ2v) is 7.37. The number of aromatic hydroxyl groups is 1. The van der Waals surface area contributed by atoms with E-state index < -0.39 is 0 Å². The summed E-state index contributed by atoms with van der Waals surface area (Å²) in [6.45, 7) is 2.22. The first-order valence-corrected chi connectivity index (χ1v) is 9.61.